The number of thiazole rings is 1. The van der Waals surface area contributed by atoms with E-state index >= 15 is 4.39 Å². The Morgan fingerprint density at radius 2 is 2.10 bits per heavy atom. The molecule has 1 aromatic heterocycles. The average molecular weight is 570 g/mol. The number of methoxy groups -OCH3 is 1. The second-order valence-corrected chi connectivity index (χ2v) is 10.8. The lowest BCUT2D eigenvalue weighted by Crippen LogP contribution is -2.34. The van der Waals surface area contributed by atoms with Crippen LogP contribution in [0.1, 0.15) is 59.6 Å². The van der Waals surface area contributed by atoms with Gasteiger partial charge in [-0.3, -0.25) is 24.5 Å². The lowest BCUT2D eigenvalue weighted by Gasteiger charge is -2.23. The van der Waals surface area contributed by atoms with E-state index < -0.39 is 23.7 Å². The molecule has 2 aromatic carbocycles. The topological polar surface area (TPSA) is 153 Å². The Kier molecular flexibility index (Phi) is 7.68. The highest BCUT2D eigenvalue weighted by atomic mass is 32.1. The van der Waals surface area contributed by atoms with Crippen LogP contribution in [0.15, 0.2) is 24.3 Å². The predicted octanol–water partition coefficient (Wildman–Crippen LogP) is 3.02. The molecule has 1 saturated carbocycles. The molecule has 5 rings (SSSR count). The van der Waals surface area contributed by atoms with Gasteiger partial charge in [0.2, 0.25) is 18.2 Å². The van der Waals surface area contributed by atoms with Gasteiger partial charge in [0.15, 0.2) is 11.6 Å². The van der Waals surface area contributed by atoms with Gasteiger partial charge in [0, 0.05) is 29.7 Å². The third kappa shape index (κ3) is 5.47. The van der Waals surface area contributed by atoms with E-state index in [2.05, 4.69) is 15.6 Å². The van der Waals surface area contributed by atoms with Gasteiger partial charge in [0.25, 0.3) is 5.91 Å². The summed E-state index contributed by atoms with van der Waals surface area (Å²) < 4.78 is 27.6. The number of ether oxygens (including phenoxy) is 2. The minimum absolute atomic E-state index is 0.0182. The lowest BCUT2D eigenvalue weighted by molar-refractivity contribution is -0.125. The first-order chi connectivity index (χ1) is 19.2. The summed E-state index contributed by atoms with van der Waals surface area (Å²) in [5.41, 5.74) is 7.05. The molecule has 0 bridgehead atoms. The smallest absolute Gasteiger partial charge is 0.254 e. The van der Waals surface area contributed by atoms with Crippen molar-refractivity contribution in [3.05, 3.63) is 46.2 Å². The van der Waals surface area contributed by atoms with Crippen molar-refractivity contribution in [1.29, 1.82) is 0 Å². The summed E-state index contributed by atoms with van der Waals surface area (Å²) in [5.74, 6) is -1.07. The molecule has 0 radical (unpaired) electrons. The fourth-order valence-corrected chi connectivity index (χ4v) is 5.49. The van der Waals surface area contributed by atoms with Crippen LogP contribution in [0.3, 0.4) is 0 Å². The predicted molar refractivity (Wildman–Crippen MR) is 145 cm³/mol. The summed E-state index contributed by atoms with van der Waals surface area (Å²) in [6.07, 6.45) is 2.69. The molecule has 2 heterocycles. The molecule has 40 heavy (non-hydrogen) atoms. The largest absolute Gasteiger partial charge is 0.497 e. The molecule has 3 aromatic rings. The van der Waals surface area contributed by atoms with Gasteiger partial charge in [-0.25, -0.2) is 9.37 Å². The SMILES string of the molecule is COc1cc(OC2CC2)c2nc(C(N)C(=O)Nc3ccc4c(c3F)CN(C(C)CCC(=O)NC=O)C4=O)sc2c1. The number of rotatable bonds is 11. The van der Waals surface area contributed by atoms with Crippen LogP contribution in [0.4, 0.5) is 10.1 Å². The number of amides is 4. The standard InChI is InChI=1S/C27H28FN5O6S/c1-13(3-8-21(35)30-12-34)33-11-17-16(27(33)37)6-7-18(22(17)28)31-25(36)23(29)26-32-24-19(39-14-4-5-14)9-15(38-2)10-20(24)40-26/h6-7,9-10,12-14,23H,3-5,8,11,29H2,1-2H3,(H,31,36)(H,30,34,35). The Balaban J connectivity index is 1.30. The maximum absolute atomic E-state index is 15.5. The number of carbonyl (C=O) groups is 4. The zero-order valence-corrected chi connectivity index (χ0v) is 22.7. The maximum Gasteiger partial charge on any atom is 0.254 e. The number of imide groups is 1. The van der Waals surface area contributed by atoms with E-state index in [1.165, 1.54) is 28.4 Å². The van der Waals surface area contributed by atoms with Crippen LogP contribution < -0.4 is 25.8 Å². The second-order valence-electron chi connectivity index (χ2n) is 9.77. The van der Waals surface area contributed by atoms with Gasteiger partial charge in [-0.05, 0) is 44.4 Å². The summed E-state index contributed by atoms with van der Waals surface area (Å²) in [7, 11) is 1.55. The van der Waals surface area contributed by atoms with Crippen molar-refractivity contribution in [2.24, 2.45) is 5.73 Å². The van der Waals surface area contributed by atoms with Gasteiger partial charge in [-0.1, -0.05) is 0 Å². The van der Waals surface area contributed by atoms with E-state index in [-0.39, 0.29) is 47.8 Å². The number of benzene rings is 2. The number of hydrogen-bond acceptors (Lipinski definition) is 9. The molecule has 210 valence electrons. The average Bonchev–Trinajstić information content (AvgIpc) is 3.54. The number of anilines is 1. The molecule has 1 aliphatic carbocycles. The Morgan fingerprint density at radius 3 is 2.80 bits per heavy atom. The summed E-state index contributed by atoms with van der Waals surface area (Å²) in [6.45, 7) is 1.72. The van der Waals surface area contributed by atoms with Gasteiger partial charge in [0.1, 0.15) is 22.3 Å². The van der Waals surface area contributed by atoms with Crippen molar-refractivity contribution in [2.45, 2.75) is 57.3 Å². The monoisotopic (exact) mass is 569 g/mol. The van der Waals surface area contributed by atoms with E-state index in [4.69, 9.17) is 15.2 Å². The Morgan fingerprint density at radius 1 is 1.32 bits per heavy atom. The molecule has 0 saturated heterocycles. The van der Waals surface area contributed by atoms with Crippen molar-refractivity contribution in [1.82, 2.24) is 15.2 Å². The quantitative estimate of drug-likeness (QED) is 0.298. The molecule has 1 aliphatic heterocycles. The first-order valence-corrected chi connectivity index (χ1v) is 13.6. The number of fused-ring (bicyclic) bond motifs is 2. The molecule has 4 amide bonds. The normalized spacial score (nSPS) is 15.9. The minimum Gasteiger partial charge on any atom is -0.497 e. The third-order valence-corrected chi connectivity index (χ3v) is 8.00. The van der Waals surface area contributed by atoms with Crippen LogP contribution in [0.25, 0.3) is 10.2 Å². The summed E-state index contributed by atoms with van der Waals surface area (Å²) in [4.78, 5) is 53.9. The number of carbonyl (C=O) groups excluding carboxylic acids is 4. The summed E-state index contributed by atoms with van der Waals surface area (Å²) >= 11 is 1.22. The van der Waals surface area contributed by atoms with E-state index in [9.17, 15) is 19.2 Å². The molecule has 0 spiro atoms. The highest BCUT2D eigenvalue weighted by molar-refractivity contribution is 7.18. The molecular weight excluding hydrogens is 541 g/mol. The van der Waals surface area contributed by atoms with Crippen molar-refractivity contribution in [2.75, 3.05) is 12.4 Å². The van der Waals surface area contributed by atoms with Crippen LogP contribution in [0.2, 0.25) is 0 Å². The molecule has 4 N–H and O–H groups in total. The minimum atomic E-state index is -1.18. The van der Waals surface area contributed by atoms with E-state index in [0.717, 1.165) is 17.5 Å². The van der Waals surface area contributed by atoms with Crippen molar-refractivity contribution < 1.29 is 33.0 Å². The number of nitrogens with two attached hydrogens (primary N) is 1. The molecule has 1 fully saturated rings. The second kappa shape index (κ2) is 11.2. The van der Waals surface area contributed by atoms with Gasteiger partial charge in [-0.2, -0.15) is 0 Å². The lowest BCUT2D eigenvalue weighted by atomic mass is 10.1. The first kappa shape index (κ1) is 27.5. The Hall–Kier alpha value is -4.10. The van der Waals surface area contributed by atoms with Crippen molar-refractivity contribution in [3.8, 4) is 11.5 Å². The first-order valence-electron chi connectivity index (χ1n) is 12.8. The zero-order valence-electron chi connectivity index (χ0n) is 21.9. The van der Waals surface area contributed by atoms with Crippen LogP contribution in [0, 0.1) is 5.82 Å². The number of nitrogens with one attached hydrogen (secondary N) is 2. The van der Waals surface area contributed by atoms with E-state index in [0.29, 0.717) is 34.9 Å². The highest BCUT2D eigenvalue weighted by Gasteiger charge is 2.34. The number of nitrogens with zero attached hydrogens (tertiary/aromatic N) is 2. The summed E-state index contributed by atoms with van der Waals surface area (Å²) in [5, 5.41) is 4.91. The van der Waals surface area contributed by atoms with Crippen molar-refractivity contribution in [3.63, 3.8) is 0 Å². The Labute approximate surface area is 232 Å². The Bertz CT molecular complexity index is 1510. The van der Waals surface area contributed by atoms with Crippen LogP contribution >= 0.6 is 11.3 Å². The van der Waals surface area contributed by atoms with Crippen molar-refractivity contribution >= 4 is 51.4 Å². The number of halogens is 1. The molecule has 13 heteroatoms. The fourth-order valence-electron chi connectivity index (χ4n) is 4.48. The highest BCUT2D eigenvalue weighted by Crippen LogP contribution is 2.39. The zero-order chi connectivity index (χ0) is 28.6. The van der Waals surface area contributed by atoms with Crippen LogP contribution in [-0.2, 0) is 20.9 Å². The van der Waals surface area contributed by atoms with Gasteiger partial charge < -0.3 is 25.4 Å². The maximum atomic E-state index is 15.5. The number of aromatic nitrogens is 1. The van der Waals surface area contributed by atoms with E-state index in [1.54, 1.807) is 26.2 Å². The molecule has 2 unspecified atom stereocenters. The fraction of sp³-hybridized carbons (Fsp3) is 0.370. The van der Waals surface area contributed by atoms with Gasteiger partial charge in [-0.15, -0.1) is 11.3 Å². The van der Waals surface area contributed by atoms with Gasteiger partial charge in [0.05, 0.1) is 30.1 Å². The molecule has 2 atom stereocenters. The number of hydrogen-bond donors (Lipinski definition) is 3. The molecular formula is C27H28FN5O6S. The van der Waals surface area contributed by atoms with Gasteiger partial charge >= 0.3 is 0 Å². The third-order valence-electron chi connectivity index (χ3n) is 6.91. The summed E-state index contributed by atoms with van der Waals surface area (Å²) in [6, 6.07) is 4.77. The van der Waals surface area contributed by atoms with E-state index in [1.807, 2.05) is 0 Å². The molecule has 2 aliphatic rings. The van der Waals surface area contributed by atoms with Crippen LogP contribution in [-0.4, -0.2) is 53.3 Å². The molecule has 11 nitrogen and oxygen atoms in total. The van der Waals surface area contributed by atoms with Crippen LogP contribution in [0.5, 0.6) is 11.5 Å².